The number of likely N-dealkylation sites (tertiary alicyclic amines) is 1. The van der Waals surface area contributed by atoms with Gasteiger partial charge < -0.3 is 15.0 Å². The molecule has 3 rings (SSSR count). The molecule has 0 aliphatic carbocycles. The SMILES string of the molecule is Cc1cccc2c1NCC21CN(C(=O)OC(C)(C)C)C1. The Kier molecular flexibility index (Phi) is 2.75. The van der Waals surface area contributed by atoms with E-state index in [0.29, 0.717) is 0 Å². The Morgan fingerprint density at radius 1 is 1.35 bits per heavy atom. The lowest BCUT2D eigenvalue weighted by Crippen LogP contribution is -2.62. The second-order valence-corrected chi connectivity index (χ2v) is 6.97. The van der Waals surface area contributed by atoms with Crippen LogP contribution in [0.15, 0.2) is 18.2 Å². The first-order valence-corrected chi connectivity index (χ1v) is 7.13. The molecule has 20 heavy (non-hydrogen) atoms. The molecule has 0 bridgehead atoms. The Bertz CT molecular complexity index is 554. The van der Waals surface area contributed by atoms with Crippen LogP contribution in [-0.2, 0) is 10.2 Å². The van der Waals surface area contributed by atoms with Gasteiger partial charge in [0, 0.05) is 25.3 Å². The Labute approximate surface area is 120 Å². The fourth-order valence-electron chi connectivity index (χ4n) is 3.12. The van der Waals surface area contributed by atoms with Gasteiger partial charge in [0.25, 0.3) is 0 Å². The third-order valence-electron chi connectivity index (χ3n) is 4.09. The first-order chi connectivity index (χ1) is 9.31. The third kappa shape index (κ3) is 2.03. The van der Waals surface area contributed by atoms with Crippen molar-refractivity contribution >= 4 is 11.8 Å². The number of hydrogen-bond acceptors (Lipinski definition) is 3. The second kappa shape index (κ2) is 4.14. The molecule has 0 saturated carbocycles. The largest absolute Gasteiger partial charge is 0.444 e. The molecule has 4 heteroatoms. The summed E-state index contributed by atoms with van der Waals surface area (Å²) in [4.78, 5) is 13.8. The first-order valence-electron chi connectivity index (χ1n) is 7.13. The van der Waals surface area contributed by atoms with E-state index >= 15 is 0 Å². The summed E-state index contributed by atoms with van der Waals surface area (Å²) in [5.74, 6) is 0. The standard InChI is InChI=1S/C16H22N2O2/c1-11-6-5-7-12-13(11)17-8-16(12)9-18(10-16)14(19)20-15(2,3)4/h5-7,17H,8-10H2,1-4H3. The number of rotatable bonds is 0. The molecule has 1 spiro atoms. The normalized spacial score (nSPS) is 19.3. The van der Waals surface area contributed by atoms with Crippen molar-refractivity contribution in [2.45, 2.75) is 38.7 Å². The van der Waals surface area contributed by atoms with E-state index in [1.807, 2.05) is 20.8 Å². The minimum absolute atomic E-state index is 0.0816. The van der Waals surface area contributed by atoms with Gasteiger partial charge in [-0.1, -0.05) is 18.2 Å². The van der Waals surface area contributed by atoms with E-state index < -0.39 is 5.60 Å². The number of hydrogen-bond donors (Lipinski definition) is 1. The van der Waals surface area contributed by atoms with Gasteiger partial charge >= 0.3 is 6.09 Å². The van der Waals surface area contributed by atoms with Crippen LogP contribution >= 0.6 is 0 Å². The summed E-state index contributed by atoms with van der Waals surface area (Å²) in [6.45, 7) is 10.2. The number of ether oxygens (including phenoxy) is 1. The molecule has 0 unspecified atom stereocenters. The molecule has 1 N–H and O–H groups in total. The monoisotopic (exact) mass is 274 g/mol. The van der Waals surface area contributed by atoms with E-state index in [9.17, 15) is 4.79 Å². The van der Waals surface area contributed by atoms with Crippen molar-refractivity contribution < 1.29 is 9.53 Å². The second-order valence-electron chi connectivity index (χ2n) is 6.97. The fourth-order valence-corrected chi connectivity index (χ4v) is 3.12. The van der Waals surface area contributed by atoms with E-state index in [2.05, 4.69) is 30.4 Å². The maximum Gasteiger partial charge on any atom is 0.410 e. The topological polar surface area (TPSA) is 41.6 Å². The van der Waals surface area contributed by atoms with E-state index in [1.165, 1.54) is 16.8 Å². The Hall–Kier alpha value is -1.71. The van der Waals surface area contributed by atoms with Gasteiger partial charge in [-0.3, -0.25) is 0 Å². The van der Waals surface area contributed by atoms with Gasteiger partial charge in [0.05, 0.1) is 5.41 Å². The molecule has 2 heterocycles. The summed E-state index contributed by atoms with van der Waals surface area (Å²) in [6, 6.07) is 6.39. The zero-order valence-electron chi connectivity index (χ0n) is 12.6. The molecule has 0 aromatic heterocycles. The predicted molar refractivity (Wildman–Crippen MR) is 79.2 cm³/mol. The van der Waals surface area contributed by atoms with Crippen LogP contribution in [0.1, 0.15) is 31.9 Å². The highest BCUT2D eigenvalue weighted by Crippen LogP contribution is 2.44. The molecule has 0 atom stereocenters. The van der Waals surface area contributed by atoms with Crippen LogP contribution in [0.5, 0.6) is 0 Å². The smallest absolute Gasteiger partial charge is 0.410 e. The van der Waals surface area contributed by atoms with Crippen LogP contribution < -0.4 is 5.32 Å². The van der Waals surface area contributed by atoms with Gasteiger partial charge in [0.2, 0.25) is 0 Å². The predicted octanol–water partition coefficient (Wildman–Crippen LogP) is 2.91. The van der Waals surface area contributed by atoms with Crippen LogP contribution in [0.25, 0.3) is 0 Å². The van der Waals surface area contributed by atoms with E-state index in [0.717, 1.165) is 19.6 Å². The van der Waals surface area contributed by atoms with Crippen molar-refractivity contribution in [2.24, 2.45) is 0 Å². The lowest BCUT2D eigenvalue weighted by Gasteiger charge is -2.47. The zero-order valence-corrected chi connectivity index (χ0v) is 12.6. The van der Waals surface area contributed by atoms with Crippen LogP contribution in [-0.4, -0.2) is 36.2 Å². The number of carbonyl (C=O) groups excluding carboxylic acids is 1. The number of fused-ring (bicyclic) bond motifs is 2. The molecule has 108 valence electrons. The van der Waals surface area contributed by atoms with E-state index in [1.54, 1.807) is 4.90 Å². The third-order valence-corrected chi connectivity index (χ3v) is 4.09. The summed E-state index contributed by atoms with van der Waals surface area (Å²) in [7, 11) is 0. The summed E-state index contributed by atoms with van der Waals surface area (Å²) in [5.41, 5.74) is 3.52. The Morgan fingerprint density at radius 3 is 2.70 bits per heavy atom. The van der Waals surface area contributed by atoms with Gasteiger partial charge in [0.15, 0.2) is 0 Å². The molecule has 2 aliphatic rings. The van der Waals surface area contributed by atoms with Crippen LogP contribution in [0.4, 0.5) is 10.5 Å². The summed E-state index contributed by atoms with van der Waals surface area (Å²) in [6.07, 6.45) is -0.204. The van der Waals surface area contributed by atoms with Gasteiger partial charge in [0.1, 0.15) is 5.60 Å². The molecule has 1 aromatic carbocycles. The van der Waals surface area contributed by atoms with Crippen molar-refractivity contribution in [1.82, 2.24) is 4.90 Å². The summed E-state index contributed by atoms with van der Waals surface area (Å²) < 4.78 is 5.42. The van der Waals surface area contributed by atoms with Gasteiger partial charge in [-0.2, -0.15) is 0 Å². The van der Waals surface area contributed by atoms with Crippen LogP contribution in [0, 0.1) is 6.92 Å². The number of amides is 1. The molecular weight excluding hydrogens is 252 g/mol. The van der Waals surface area contributed by atoms with E-state index in [-0.39, 0.29) is 11.5 Å². The maximum absolute atomic E-state index is 12.0. The highest BCUT2D eigenvalue weighted by Gasteiger charge is 2.51. The average Bonchev–Trinajstić information content (AvgIpc) is 2.65. The Balaban J connectivity index is 1.73. The zero-order chi connectivity index (χ0) is 14.5. The number of nitrogens with zero attached hydrogens (tertiary/aromatic N) is 1. The average molecular weight is 274 g/mol. The summed E-state index contributed by atoms with van der Waals surface area (Å²) >= 11 is 0. The van der Waals surface area contributed by atoms with Crippen molar-refractivity contribution in [3.8, 4) is 0 Å². The minimum Gasteiger partial charge on any atom is -0.444 e. The maximum atomic E-state index is 12.0. The van der Waals surface area contributed by atoms with Gasteiger partial charge in [-0.05, 0) is 38.8 Å². The number of benzene rings is 1. The fraction of sp³-hybridized carbons (Fsp3) is 0.562. The Morgan fingerprint density at radius 2 is 2.05 bits per heavy atom. The van der Waals surface area contributed by atoms with Crippen molar-refractivity contribution in [3.63, 3.8) is 0 Å². The number of anilines is 1. The van der Waals surface area contributed by atoms with Crippen molar-refractivity contribution in [2.75, 3.05) is 25.0 Å². The van der Waals surface area contributed by atoms with Crippen LogP contribution in [0.2, 0.25) is 0 Å². The highest BCUT2D eigenvalue weighted by atomic mass is 16.6. The summed E-state index contributed by atoms with van der Waals surface area (Å²) in [5, 5.41) is 3.49. The highest BCUT2D eigenvalue weighted by molar-refractivity contribution is 5.73. The molecule has 1 aromatic rings. The lowest BCUT2D eigenvalue weighted by molar-refractivity contribution is -0.00627. The number of para-hydroxylation sites is 1. The number of nitrogens with one attached hydrogen (secondary N) is 1. The van der Waals surface area contributed by atoms with Crippen molar-refractivity contribution in [3.05, 3.63) is 29.3 Å². The molecule has 0 radical (unpaired) electrons. The number of carbonyl (C=O) groups is 1. The molecule has 2 aliphatic heterocycles. The van der Waals surface area contributed by atoms with Gasteiger partial charge in [-0.15, -0.1) is 0 Å². The number of aryl methyl sites for hydroxylation is 1. The molecular formula is C16H22N2O2. The van der Waals surface area contributed by atoms with Gasteiger partial charge in [-0.25, -0.2) is 4.79 Å². The van der Waals surface area contributed by atoms with E-state index in [4.69, 9.17) is 4.74 Å². The first kappa shape index (κ1) is 13.3. The van der Waals surface area contributed by atoms with Crippen molar-refractivity contribution in [1.29, 1.82) is 0 Å². The lowest BCUT2D eigenvalue weighted by atomic mass is 9.75. The molecule has 1 fully saturated rings. The molecule has 1 saturated heterocycles. The van der Waals surface area contributed by atoms with Crippen LogP contribution in [0.3, 0.4) is 0 Å². The molecule has 1 amide bonds. The minimum atomic E-state index is -0.428. The quantitative estimate of drug-likeness (QED) is 0.791. The molecule has 4 nitrogen and oxygen atoms in total.